The van der Waals surface area contributed by atoms with Crippen LogP contribution in [-0.2, 0) is 6.54 Å². The molecule has 2 rings (SSSR count). The van der Waals surface area contributed by atoms with Crippen molar-refractivity contribution >= 4 is 0 Å². The van der Waals surface area contributed by atoms with Gasteiger partial charge in [0.2, 0.25) is 0 Å². The SMILES string of the molecule is CCNCc1nc(-c2ccncc2)c(C)[nH]1. The minimum absolute atomic E-state index is 0.780. The number of aromatic amines is 1. The fourth-order valence-electron chi connectivity index (χ4n) is 1.64. The normalized spacial score (nSPS) is 10.6. The maximum atomic E-state index is 4.57. The Kier molecular flexibility index (Phi) is 3.31. The Morgan fingerprint density at radius 3 is 2.75 bits per heavy atom. The first-order valence-corrected chi connectivity index (χ1v) is 5.48. The molecule has 0 aliphatic heterocycles. The molecule has 2 heterocycles. The summed E-state index contributed by atoms with van der Waals surface area (Å²) in [7, 11) is 0. The molecule has 0 amide bonds. The Labute approximate surface area is 95.1 Å². The zero-order valence-electron chi connectivity index (χ0n) is 9.62. The number of aryl methyl sites for hydroxylation is 1. The molecule has 0 fully saturated rings. The molecule has 0 aromatic carbocycles. The van der Waals surface area contributed by atoms with Crippen LogP contribution in [0.3, 0.4) is 0 Å². The Balaban J connectivity index is 2.25. The fraction of sp³-hybridized carbons (Fsp3) is 0.333. The quantitative estimate of drug-likeness (QED) is 0.820. The molecular weight excluding hydrogens is 200 g/mol. The topological polar surface area (TPSA) is 53.6 Å². The first-order valence-electron chi connectivity index (χ1n) is 5.48. The van der Waals surface area contributed by atoms with Gasteiger partial charge in [-0.25, -0.2) is 4.98 Å². The van der Waals surface area contributed by atoms with E-state index in [1.165, 1.54) is 0 Å². The van der Waals surface area contributed by atoms with E-state index in [0.29, 0.717) is 0 Å². The monoisotopic (exact) mass is 216 g/mol. The molecule has 2 N–H and O–H groups in total. The molecule has 0 atom stereocenters. The van der Waals surface area contributed by atoms with Gasteiger partial charge in [-0.1, -0.05) is 6.92 Å². The third kappa shape index (κ3) is 2.28. The predicted octanol–water partition coefficient (Wildman–Crippen LogP) is 1.89. The average molecular weight is 216 g/mol. The van der Waals surface area contributed by atoms with Gasteiger partial charge in [-0.15, -0.1) is 0 Å². The Morgan fingerprint density at radius 1 is 1.31 bits per heavy atom. The van der Waals surface area contributed by atoms with Gasteiger partial charge in [0.25, 0.3) is 0 Å². The van der Waals surface area contributed by atoms with Gasteiger partial charge in [0.15, 0.2) is 0 Å². The molecule has 2 aromatic heterocycles. The number of aromatic nitrogens is 3. The van der Waals surface area contributed by atoms with Crippen LogP contribution in [0.15, 0.2) is 24.5 Å². The van der Waals surface area contributed by atoms with Gasteiger partial charge in [0.1, 0.15) is 5.82 Å². The second-order valence-electron chi connectivity index (χ2n) is 3.67. The van der Waals surface area contributed by atoms with Crippen molar-refractivity contribution in [2.75, 3.05) is 6.54 Å². The van der Waals surface area contributed by atoms with Gasteiger partial charge < -0.3 is 10.3 Å². The summed E-state index contributed by atoms with van der Waals surface area (Å²) in [5, 5.41) is 3.25. The predicted molar refractivity (Wildman–Crippen MR) is 63.9 cm³/mol. The number of rotatable bonds is 4. The van der Waals surface area contributed by atoms with Crippen LogP contribution >= 0.6 is 0 Å². The highest BCUT2D eigenvalue weighted by Gasteiger charge is 2.07. The average Bonchev–Trinajstić information content (AvgIpc) is 2.69. The Morgan fingerprint density at radius 2 is 2.06 bits per heavy atom. The van der Waals surface area contributed by atoms with E-state index in [4.69, 9.17) is 0 Å². The first-order chi connectivity index (χ1) is 7.81. The van der Waals surface area contributed by atoms with E-state index in [0.717, 1.165) is 35.9 Å². The minimum atomic E-state index is 0.780. The van der Waals surface area contributed by atoms with Crippen molar-refractivity contribution in [1.29, 1.82) is 0 Å². The number of nitrogens with zero attached hydrogens (tertiary/aromatic N) is 2. The van der Waals surface area contributed by atoms with E-state index in [1.54, 1.807) is 12.4 Å². The number of pyridine rings is 1. The molecule has 2 aromatic rings. The van der Waals surface area contributed by atoms with E-state index < -0.39 is 0 Å². The highest BCUT2D eigenvalue weighted by atomic mass is 15.0. The molecule has 0 saturated carbocycles. The van der Waals surface area contributed by atoms with Gasteiger partial charge in [-0.2, -0.15) is 0 Å². The largest absolute Gasteiger partial charge is 0.344 e. The van der Waals surface area contributed by atoms with Gasteiger partial charge >= 0.3 is 0 Å². The van der Waals surface area contributed by atoms with Crippen molar-refractivity contribution in [3.05, 3.63) is 36.0 Å². The number of hydrogen-bond acceptors (Lipinski definition) is 3. The van der Waals surface area contributed by atoms with Crippen LogP contribution in [0.2, 0.25) is 0 Å². The molecule has 0 bridgehead atoms. The lowest BCUT2D eigenvalue weighted by molar-refractivity contribution is 0.697. The molecule has 16 heavy (non-hydrogen) atoms. The van der Waals surface area contributed by atoms with Crippen LogP contribution in [-0.4, -0.2) is 21.5 Å². The summed E-state index contributed by atoms with van der Waals surface area (Å²) in [5.41, 5.74) is 3.21. The minimum Gasteiger partial charge on any atom is -0.344 e. The second kappa shape index (κ2) is 4.90. The van der Waals surface area contributed by atoms with Gasteiger partial charge in [0, 0.05) is 23.7 Å². The number of nitrogens with one attached hydrogen (secondary N) is 2. The molecule has 4 nitrogen and oxygen atoms in total. The zero-order chi connectivity index (χ0) is 11.4. The lowest BCUT2D eigenvalue weighted by Gasteiger charge is -1.96. The summed E-state index contributed by atoms with van der Waals surface area (Å²) < 4.78 is 0. The summed E-state index contributed by atoms with van der Waals surface area (Å²) in [5.74, 6) is 0.978. The molecule has 0 aliphatic carbocycles. The van der Waals surface area contributed by atoms with Crippen molar-refractivity contribution in [3.8, 4) is 11.3 Å². The summed E-state index contributed by atoms with van der Waals surface area (Å²) in [6, 6.07) is 3.94. The smallest absolute Gasteiger partial charge is 0.121 e. The standard InChI is InChI=1S/C12H16N4/c1-3-13-8-11-15-9(2)12(16-11)10-4-6-14-7-5-10/h4-7,13H,3,8H2,1-2H3,(H,15,16). The number of H-pyrrole nitrogens is 1. The van der Waals surface area contributed by atoms with Crippen LogP contribution in [0.25, 0.3) is 11.3 Å². The van der Waals surface area contributed by atoms with E-state index in [9.17, 15) is 0 Å². The zero-order valence-corrected chi connectivity index (χ0v) is 9.62. The van der Waals surface area contributed by atoms with Gasteiger partial charge in [-0.3, -0.25) is 4.98 Å². The summed E-state index contributed by atoms with van der Waals surface area (Å²) in [6.07, 6.45) is 3.57. The molecule has 0 spiro atoms. The van der Waals surface area contributed by atoms with Crippen LogP contribution in [0.4, 0.5) is 0 Å². The first kappa shape index (κ1) is 10.8. The van der Waals surface area contributed by atoms with E-state index in [-0.39, 0.29) is 0 Å². The summed E-state index contributed by atoms with van der Waals surface area (Å²) in [4.78, 5) is 11.9. The van der Waals surface area contributed by atoms with Crippen molar-refractivity contribution in [3.63, 3.8) is 0 Å². The van der Waals surface area contributed by atoms with Crippen molar-refractivity contribution in [1.82, 2.24) is 20.3 Å². The summed E-state index contributed by atoms with van der Waals surface area (Å²) in [6.45, 7) is 5.85. The van der Waals surface area contributed by atoms with E-state index in [1.807, 2.05) is 19.1 Å². The lowest BCUT2D eigenvalue weighted by Crippen LogP contribution is -2.12. The van der Waals surface area contributed by atoms with Crippen molar-refractivity contribution < 1.29 is 0 Å². The fourth-order valence-corrected chi connectivity index (χ4v) is 1.64. The Bertz CT molecular complexity index is 447. The second-order valence-corrected chi connectivity index (χ2v) is 3.67. The molecule has 0 aliphatic rings. The van der Waals surface area contributed by atoms with Crippen molar-refractivity contribution in [2.24, 2.45) is 0 Å². The van der Waals surface area contributed by atoms with Crippen molar-refractivity contribution in [2.45, 2.75) is 20.4 Å². The molecule has 4 heteroatoms. The van der Waals surface area contributed by atoms with Gasteiger partial charge in [0.05, 0.1) is 12.2 Å². The number of hydrogen-bond donors (Lipinski definition) is 2. The number of imidazole rings is 1. The van der Waals surface area contributed by atoms with E-state index in [2.05, 4.69) is 27.2 Å². The highest BCUT2D eigenvalue weighted by Crippen LogP contribution is 2.19. The van der Waals surface area contributed by atoms with Crippen LogP contribution in [0.5, 0.6) is 0 Å². The van der Waals surface area contributed by atoms with E-state index >= 15 is 0 Å². The maximum absolute atomic E-state index is 4.57. The molecule has 0 radical (unpaired) electrons. The third-order valence-electron chi connectivity index (χ3n) is 2.43. The Hall–Kier alpha value is -1.68. The van der Waals surface area contributed by atoms with Crippen LogP contribution < -0.4 is 5.32 Å². The van der Waals surface area contributed by atoms with Crippen LogP contribution in [0.1, 0.15) is 18.4 Å². The third-order valence-corrected chi connectivity index (χ3v) is 2.43. The highest BCUT2D eigenvalue weighted by molar-refractivity contribution is 5.60. The molecule has 0 unspecified atom stereocenters. The van der Waals surface area contributed by atoms with Crippen LogP contribution in [0, 0.1) is 6.92 Å². The lowest BCUT2D eigenvalue weighted by atomic mass is 10.2. The van der Waals surface area contributed by atoms with Gasteiger partial charge in [-0.05, 0) is 25.6 Å². The molecular formula is C12H16N4. The maximum Gasteiger partial charge on any atom is 0.121 e. The molecule has 84 valence electrons. The molecule has 0 saturated heterocycles. The summed E-state index contributed by atoms with van der Waals surface area (Å²) >= 11 is 0.